The first kappa shape index (κ1) is 15.8. The van der Waals surface area contributed by atoms with Crippen molar-refractivity contribution >= 4 is 11.7 Å². The van der Waals surface area contributed by atoms with Gasteiger partial charge in [-0.3, -0.25) is 4.79 Å². The first-order valence-electron chi connectivity index (χ1n) is 7.74. The summed E-state index contributed by atoms with van der Waals surface area (Å²) >= 11 is 0. The van der Waals surface area contributed by atoms with E-state index in [1.807, 2.05) is 0 Å². The topological polar surface area (TPSA) is 58.6 Å². The minimum Gasteiger partial charge on any atom is -0.469 e. The van der Waals surface area contributed by atoms with Gasteiger partial charge in [-0.05, 0) is 55.2 Å². The van der Waals surface area contributed by atoms with Crippen molar-refractivity contribution in [3.8, 4) is 0 Å². The quantitative estimate of drug-likeness (QED) is 0.791. The van der Waals surface area contributed by atoms with Gasteiger partial charge in [-0.2, -0.15) is 0 Å². The van der Waals surface area contributed by atoms with Crippen molar-refractivity contribution in [2.75, 3.05) is 25.6 Å². The molecule has 0 heterocycles. The second-order valence-corrected chi connectivity index (χ2v) is 5.77. The van der Waals surface area contributed by atoms with E-state index in [0.717, 1.165) is 31.4 Å². The van der Waals surface area contributed by atoms with Crippen molar-refractivity contribution in [2.24, 2.45) is 5.92 Å². The molecule has 21 heavy (non-hydrogen) atoms. The van der Waals surface area contributed by atoms with Gasteiger partial charge in [0.15, 0.2) is 0 Å². The van der Waals surface area contributed by atoms with E-state index in [4.69, 9.17) is 9.84 Å². The van der Waals surface area contributed by atoms with Gasteiger partial charge in [0.05, 0.1) is 13.7 Å². The number of anilines is 1. The van der Waals surface area contributed by atoms with Crippen LogP contribution in [0.5, 0.6) is 0 Å². The number of ether oxygens (including phenoxy) is 1. The Morgan fingerprint density at radius 2 is 1.90 bits per heavy atom. The van der Waals surface area contributed by atoms with Gasteiger partial charge in [0, 0.05) is 18.7 Å². The summed E-state index contributed by atoms with van der Waals surface area (Å²) in [6, 6.07) is 8.49. The molecule has 0 unspecified atom stereocenters. The van der Waals surface area contributed by atoms with Crippen molar-refractivity contribution in [3.63, 3.8) is 0 Å². The molecule has 0 saturated heterocycles. The van der Waals surface area contributed by atoms with Crippen LogP contribution in [0.15, 0.2) is 24.3 Å². The van der Waals surface area contributed by atoms with Gasteiger partial charge in [-0.15, -0.1) is 0 Å². The lowest BCUT2D eigenvalue weighted by Gasteiger charge is -2.28. The van der Waals surface area contributed by atoms with Gasteiger partial charge in [-0.25, -0.2) is 0 Å². The molecule has 116 valence electrons. The van der Waals surface area contributed by atoms with Gasteiger partial charge in [0.25, 0.3) is 0 Å². The van der Waals surface area contributed by atoms with Crippen LogP contribution in [0.4, 0.5) is 5.69 Å². The van der Waals surface area contributed by atoms with Gasteiger partial charge in [0.2, 0.25) is 0 Å². The van der Waals surface area contributed by atoms with E-state index in [1.165, 1.54) is 12.7 Å². The molecular formula is C17H25NO3. The van der Waals surface area contributed by atoms with Crippen LogP contribution in [-0.4, -0.2) is 31.3 Å². The molecule has 0 bridgehead atoms. The van der Waals surface area contributed by atoms with Gasteiger partial charge >= 0.3 is 5.97 Å². The lowest BCUT2D eigenvalue weighted by Crippen LogP contribution is -2.17. The summed E-state index contributed by atoms with van der Waals surface area (Å²) < 4.78 is 4.75. The summed E-state index contributed by atoms with van der Waals surface area (Å²) in [6.07, 6.45) is 5.05. The highest BCUT2D eigenvalue weighted by Gasteiger charge is 2.24. The molecule has 2 N–H and O–H groups in total. The van der Waals surface area contributed by atoms with Crippen molar-refractivity contribution in [1.82, 2.24) is 0 Å². The maximum absolute atomic E-state index is 11.3. The van der Waals surface area contributed by atoms with Crippen molar-refractivity contribution in [2.45, 2.75) is 38.0 Å². The number of aliphatic hydroxyl groups is 1. The number of methoxy groups -OCH3 is 1. The molecule has 0 amide bonds. The Morgan fingerprint density at radius 3 is 2.48 bits per heavy atom. The molecule has 2 rings (SSSR count). The molecule has 1 aromatic rings. The Hall–Kier alpha value is -1.55. The fourth-order valence-corrected chi connectivity index (χ4v) is 3.09. The summed E-state index contributed by atoms with van der Waals surface area (Å²) in [6.45, 7) is 0.726. The van der Waals surface area contributed by atoms with Gasteiger partial charge in [0.1, 0.15) is 0 Å². The first-order chi connectivity index (χ1) is 10.2. The monoisotopic (exact) mass is 291 g/mol. The second kappa shape index (κ2) is 8.03. The number of carbonyl (C=O) groups is 1. The summed E-state index contributed by atoms with van der Waals surface area (Å²) in [5, 5.41) is 12.0. The highest BCUT2D eigenvalue weighted by molar-refractivity contribution is 5.69. The number of carbonyl (C=O) groups excluding carboxylic acids is 1. The zero-order valence-electron chi connectivity index (χ0n) is 12.7. The number of nitrogens with one attached hydrogen (secondary N) is 1. The third-order valence-corrected chi connectivity index (χ3v) is 4.35. The second-order valence-electron chi connectivity index (χ2n) is 5.77. The maximum atomic E-state index is 11.3. The normalized spacial score (nSPS) is 21.8. The highest BCUT2D eigenvalue weighted by Crippen LogP contribution is 2.37. The Kier molecular flexibility index (Phi) is 6.05. The summed E-state index contributed by atoms with van der Waals surface area (Å²) in [5.41, 5.74) is 2.42. The van der Waals surface area contributed by atoms with Gasteiger partial charge < -0.3 is 15.2 Å². The van der Waals surface area contributed by atoms with E-state index in [9.17, 15) is 4.79 Å². The molecule has 0 aliphatic heterocycles. The summed E-state index contributed by atoms with van der Waals surface area (Å²) in [7, 11) is 1.46. The Morgan fingerprint density at radius 1 is 1.24 bits per heavy atom. The lowest BCUT2D eigenvalue weighted by molar-refractivity contribution is -0.142. The van der Waals surface area contributed by atoms with Crippen LogP contribution in [0, 0.1) is 5.92 Å². The molecule has 4 nitrogen and oxygen atoms in total. The van der Waals surface area contributed by atoms with Crippen molar-refractivity contribution in [3.05, 3.63) is 29.8 Å². The highest BCUT2D eigenvalue weighted by atomic mass is 16.5. The summed E-state index contributed by atoms with van der Waals surface area (Å²) in [4.78, 5) is 11.3. The average Bonchev–Trinajstić information content (AvgIpc) is 2.54. The van der Waals surface area contributed by atoms with E-state index in [1.54, 1.807) is 0 Å². The van der Waals surface area contributed by atoms with Crippen molar-refractivity contribution < 1.29 is 14.6 Å². The third kappa shape index (κ3) is 4.74. The van der Waals surface area contributed by atoms with Crippen LogP contribution in [-0.2, 0) is 9.53 Å². The van der Waals surface area contributed by atoms with Crippen molar-refractivity contribution in [1.29, 1.82) is 0 Å². The molecule has 1 aromatic carbocycles. The molecule has 1 aliphatic carbocycles. The zero-order chi connectivity index (χ0) is 15.1. The van der Waals surface area contributed by atoms with Gasteiger partial charge in [-0.1, -0.05) is 12.1 Å². The minimum atomic E-state index is -0.0854. The Labute approximate surface area is 126 Å². The minimum absolute atomic E-state index is 0.0854. The van der Waals surface area contributed by atoms with Crippen LogP contribution in [0.25, 0.3) is 0 Å². The Bertz CT molecular complexity index is 436. The number of aliphatic hydroxyl groups excluding tert-OH is 1. The van der Waals surface area contributed by atoms with Crippen LogP contribution in [0.2, 0.25) is 0 Å². The summed E-state index contributed by atoms with van der Waals surface area (Å²) in [5.74, 6) is 1.00. The van der Waals surface area contributed by atoms with Crippen LogP contribution < -0.4 is 5.32 Å². The molecule has 0 aromatic heterocycles. The lowest BCUT2D eigenvalue weighted by atomic mass is 9.77. The van der Waals surface area contributed by atoms with E-state index in [0.29, 0.717) is 24.8 Å². The number of rotatable bonds is 6. The molecule has 1 fully saturated rings. The largest absolute Gasteiger partial charge is 0.469 e. The maximum Gasteiger partial charge on any atom is 0.305 e. The predicted molar refractivity (Wildman–Crippen MR) is 83.3 cm³/mol. The SMILES string of the molecule is COC(=O)C[C@H]1CC[C@H](c2ccc(NCCO)cc2)CC1. The molecule has 0 atom stereocenters. The molecule has 0 spiro atoms. The third-order valence-electron chi connectivity index (χ3n) is 4.35. The first-order valence-corrected chi connectivity index (χ1v) is 7.74. The number of hydrogen-bond donors (Lipinski definition) is 2. The van der Waals surface area contributed by atoms with E-state index >= 15 is 0 Å². The molecule has 0 radical (unpaired) electrons. The zero-order valence-corrected chi connectivity index (χ0v) is 12.7. The smallest absolute Gasteiger partial charge is 0.305 e. The molecule has 4 heteroatoms. The number of hydrogen-bond acceptors (Lipinski definition) is 4. The predicted octanol–water partition coefficient (Wildman–Crippen LogP) is 2.93. The molecular weight excluding hydrogens is 266 g/mol. The molecule has 1 aliphatic rings. The average molecular weight is 291 g/mol. The van der Waals surface area contributed by atoms with Crippen LogP contribution in [0.1, 0.15) is 43.6 Å². The Balaban J connectivity index is 1.83. The standard InChI is InChI=1S/C17H25NO3/c1-21-17(20)12-13-2-4-14(5-3-13)15-6-8-16(9-7-15)18-10-11-19/h6-9,13-14,18-19H,2-5,10-12H2,1H3/t13-,14-. The van der Waals surface area contributed by atoms with E-state index < -0.39 is 0 Å². The molecule has 1 saturated carbocycles. The van der Waals surface area contributed by atoms with Crippen LogP contribution in [0.3, 0.4) is 0 Å². The van der Waals surface area contributed by atoms with E-state index in [-0.39, 0.29) is 12.6 Å². The van der Waals surface area contributed by atoms with Crippen LogP contribution >= 0.6 is 0 Å². The fourth-order valence-electron chi connectivity index (χ4n) is 3.09. The fraction of sp³-hybridized carbons (Fsp3) is 0.588. The number of esters is 1. The van der Waals surface area contributed by atoms with E-state index in [2.05, 4.69) is 29.6 Å². The number of benzene rings is 1.